The molecule has 0 aromatic rings. The molecule has 1 N–H and O–H groups in total. The lowest BCUT2D eigenvalue weighted by Gasteiger charge is -2.31. The second-order valence-corrected chi connectivity index (χ2v) is 3.62. The number of ether oxygens (including phenoxy) is 1. The molecular formula is C9H18FNO2. The third-order valence-corrected chi connectivity index (χ3v) is 2.44. The van der Waals surface area contributed by atoms with Crippen molar-refractivity contribution in [1.82, 2.24) is 4.90 Å². The summed E-state index contributed by atoms with van der Waals surface area (Å²) in [4.78, 5) is 1.98. The molecule has 0 saturated carbocycles. The zero-order valence-electron chi connectivity index (χ0n) is 8.08. The van der Waals surface area contributed by atoms with Crippen LogP contribution in [0.3, 0.4) is 0 Å². The molecule has 3 nitrogen and oxygen atoms in total. The van der Waals surface area contributed by atoms with Gasteiger partial charge in [-0.25, -0.2) is 4.39 Å². The topological polar surface area (TPSA) is 32.7 Å². The van der Waals surface area contributed by atoms with Crippen LogP contribution in [0.4, 0.5) is 4.39 Å². The van der Waals surface area contributed by atoms with Crippen molar-refractivity contribution in [3.8, 4) is 0 Å². The molecule has 78 valence electrons. The lowest BCUT2D eigenvalue weighted by Crippen LogP contribution is -2.42. The van der Waals surface area contributed by atoms with Crippen LogP contribution in [-0.4, -0.2) is 55.6 Å². The van der Waals surface area contributed by atoms with E-state index in [1.54, 1.807) is 0 Å². The number of nitrogens with zero attached hydrogens (tertiary/aromatic N) is 1. The van der Waals surface area contributed by atoms with Crippen molar-refractivity contribution in [3.05, 3.63) is 0 Å². The highest BCUT2D eigenvalue weighted by molar-refractivity contribution is 4.73. The molecule has 0 amide bonds. The molecule has 1 aliphatic rings. The summed E-state index contributed by atoms with van der Waals surface area (Å²) in [7, 11) is 1.90. The molecular weight excluding hydrogens is 173 g/mol. The summed E-state index contributed by atoms with van der Waals surface area (Å²) in [6.45, 7) is 1.26. The van der Waals surface area contributed by atoms with Gasteiger partial charge in [-0.1, -0.05) is 0 Å². The lowest BCUT2D eigenvalue weighted by atomic mass is 10.1. The Morgan fingerprint density at radius 3 is 3.00 bits per heavy atom. The summed E-state index contributed by atoms with van der Waals surface area (Å²) < 4.78 is 17.3. The second-order valence-electron chi connectivity index (χ2n) is 3.62. The fourth-order valence-corrected chi connectivity index (χ4v) is 1.60. The number of hydrogen-bond acceptors (Lipinski definition) is 3. The van der Waals surface area contributed by atoms with Gasteiger partial charge < -0.3 is 9.84 Å². The summed E-state index contributed by atoms with van der Waals surface area (Å²) in [6, 6.07) is 0.343. The van der Waals surface area contributed by atoms with E-state index < -0.39 is 12.8 Å². The van der Waals surface area contributed by atoms with Crippen LogP contribution in [0.2, 0.25) is 0 Å². The number of aliphatic hydroxyl groups excluding tert-OH is 1. The van der Waals surface area contributed by atoms with Crippen molar-refractivity contribution in [2.24, 2.45) is 0 Å². The van der Waals surface area contributed by atoms with E-state index in [0.29, 0.717) is 19.2 Å². The van der Waals surface area contributed by atoms with Crippen molar-refractivity contribution >= 4 is 0 Å². The summed E-state index contributed by atoms with van der Waals surface area (Å²) in [5.41, 5.74) is 0. The van der Waals surface area contributed by atoms with Crippen LogP contribution < -0.4 is 0 Å². The first-order valence-electron chi connectivity index (χ1n) is 4.76. The Morgan fingerprint density at radius 2 is 2.46 bits per heavy atom. The van der Waals surface area contributed by atoms with Crippen LogP contribution in [0.25, 0.3) is 0 Å². The number of hydrogen-bond donors (Lipinski definition) is 1. The molecule has 1 rings (SSSR count). The maximum atomic E-state index is 12.0. The molecule has 0 bridgehead atoms. The fourth-order valence-electron chi connectivity index (χ4n) is 1.60. The highest BCUT2D eigenvalue weighted by Crippen LogP contribution is 2.11. The fraction of sp³-hybridized carbons (Fsp3) is 1.00. The lowest BCUT2D eigenvalue weighted by molar-refractivity contribution is 0.00729. The smallest absolute Gasteiger partial charge is 0.117 e. The van der Waals surface area contributed by atoms with E-state index in [1.165, 1.54) is 0 Å². The maximum absolute atomic E-state index is 12.0. The van der Waals surface area contributed by atoms with E-state index in [2.05, 4.69) is 0 Å². The van der Waals surface area contributed by atoms with Gasteiger partial charge in [0.25, 0.3) is 0 Å². The molecule has 4 heteroatoms. The second kappa shape index (κ2) is 5.52. The first kappa shape index (κ1) is 10.9. The molecule has 0 radical (unpaired) electrons. The van der Waals surface area contributed by atoms with Gasteiger partial charge in [-0.05, 0) is 19.9 Å². The van der Waals surface area contributed by atoms with Crippen molar-refractivity contribution in [2.75, 3.05) is 33.5 Å². The molecule has 1 fully saturated rings. The minimum absolute atomic E-state index is 0.343. The Kier molecular flexibility index (Phi) is 4.62. The zero-order chi connectivity index (χ0) is 9.68. The number of alkyl halides is 1. The van der Waals surface area contributed by atoms with Gasteiger partial charge >= 0.3 is 0 Å². The highest BCUT2D eigenvalue weighted by Gasteiger charge is 2.20. The zero-order valence-corrected chi connectivity index (χ0v) is 8.08. The van der Waals surface area contributed by atoms with Gasteiger partial charge in [-0.15, -0.1) is 0 Å². The molecule has 0 aliphatic carbocycles. The molecule has 1 aliphatic heterocycles. The molecule has 2 atom stereocenters. The summed E-state index contributed by atoms with van der Waals surface area (Å²) in [5.74, 6) is 0. The van der Waals surface area contributed by atoms with Crippen LogP contribution in [-0.2, 0) is 4.74 Å². The standard InChI is InChI=1S/C9H18FNO2/c1-11(6-9(12)5-10)8-3-2-4-13-7-8/h8-9,12H,2-7H2,1H3. The average Bonchev–Trinajstić information content (AvgIpc) is 2.19. The Balaban J connectivity index is 2.24. The third kappa shape index (κ3) is 3.58. The predicted octanol–water partition coefficient (Wildman–Crippen LogP) is 0.428. The van der Waals surface area contributed by atoms with Gasteiger partial charge in [-0.2, -0.15) is 0 Å². The quantitative estimate of drug-likeness (QED) is 0.699. The first-order valence-corrected chi connectivity index (χ1v) is 4.76. The van der Waals surface area contributed by atoms with Crippen molar-refractivity contribution in [3.63, 3.8) is 0 Å². The molecule has 2 unspecified atom stereocenters. The normalized spacial score (nSPS) is 26.3. The maximum Gasteiger partial charge on any atom is 0.117 e. The van der Waals surface area contributed by atoms with Crippen LogP contribution in [0, 0.1) is 0 Å². The van der Waals surface area contributed by atoms with Crippen LogP contribution in [0.15, 0.2) is 0 Å². The van der Waals surface area contributed by atoms with Crippen LogP contribution >= 0.6 is 0 Å². The average molecular weight is 191 g/mol. The number of likely N-dealkylation sites (N-methyl/N-ethyl adjacent to an activating group) is 1. The van der Waals surface area contributed by atoms with E-state index in [-0.39, 0.29) is 0 Å². The molecule has 0 aromatic heterocycles. The number of halogens is 1. The summed E-state index contributed by atoms with van der Waals surface area (Å²) in [6.07, 6.45) is 1.28. The Labute approximate surface area is 78.5 Å². The SMILES string of the molecule is CN(CC(O)CF)C1CCCOC1. The van der Waals surface area contributed by atoms with Gasteiger partial charge in [0.05, 0.1) is 12.7 Å². The Hall–Kier alpha value is -0.190. The van der Waals surface area contributed by atoms with E-state index in [4.69, 9.17) is 9.84 Å². The number of rotatable bonds is 4. The molecule has 1 saturated heterocycles. The van der Waals surface area contributed by atoms with Gasteiger partial charge in [0.1, 0.15) is 6.67 Å². The largest absolute Gasteiger partial charge is 0.389 e. The molecule has 13 heavy (non-hydrogen) atoms. The van der Waals surface area contributed by atoms with E-state index in [1.807, 2.05) is 11.9 Å². The predicted molar refractivity (Wildman–Crippen MR) is 48.5 cm³/mol. The summed E-state index contributed by atoms with van der Waals surface area (Å²) in [5, 5.41) is 9.10. The van der Waals surface area contributed by atoms with Gasteiger partial charge in [0, 0.05) is 19.2 Å². The minimum Gasteiger partial charge on any atom is -0.389 e. The first-order chi connectivity index (χ1) is 6.24. The number of aliphatic hydroxyl groups is 1. The van der Waals surface area contributed by atoms with Gasteiger partial charge in [0.2, 0.25) is 0 Å². The van der Waals surface area contributed by atoms with Crippen LogP contribution in [0.1, 0.15) is 12.8 Å². The minimum atomic E-state index is -0.855. The van der Waals surface area contributed by atoms with Crippen molar-refractivity contribution in [1.29, 1.82) is 0 Å². The third-order valence-electron chi connectivity index (χ3n) is 2.44. The molecule has 0 aromatic carbocycles. The van der Waals surface area contributed by atoms with Crippen molar-refractivity contribution < 1.29 is 14.2 Å². The molecule has 1 heterocycles. The monoisotopic (exact) mass is 191 g/mol. The Morgan fingerprint density at radius 1 is 1.69 bits per heavy atom. The van der Waals surface area contributed by atoms with Crippen molar-refractivity contribution in [2.45, 2.75) is 25.0 Å². The van der Waals surface area contributed by atoms with Gasteiger partial charge in [0.15, 0.2) is 0 Å². The van der Waals surface area contributed by atoms with E-state index in [0.717, 1.165) is 19.4 Å². The Bertz CT molecular complexity index is 140. The summed E-state index contributed by atoms with van der Waals surface area (Å²) >= 11 is 0. The highest BCUT2D eigenvalue weighted by atomic mass is 19.1. The van der Waals surface area contributed by atoms with E-state index in [9.17, 15) is 4.39 Å². The van der Waals surface area contributed by atoms with Gasteiger partial charge in [-0.3, -0.25) is 4.90 Å². The van der Waals surface area contributed by atoms with Crippen LogP contribution in [0.5, 0.6) is 0 Å². The molecule has 0 spiro atoms. The van der Waals surface area contributed by atoms with E-state index >= 15 is 0 Å².